The Balaban J connectivity index is 2.50. The van der Waals surface area contributed by atoms with Gasteiger partial charge in [0.05, 0.1) is 7.11 Å². The van der Waals surface area contributed by atoms with Crippen molar-refractivity contribution in [2.45, 2.75) is 0 Å². The molecule has 0 fully saturated rings. The smallest absolute Gasteiger partial charge is 0.126 e. The summed E-state index contributed by atoms with van der Waals surface area (Å²) in [5.74, 6) is 0.811. The molecule has 90 valence electrons. The van der Waals surface area contributed by atoms with Crippen molar-refractivity contribution in [3.8, 4) is 5.75 Å². The van der Waals surface area contributed by atoms with Gasteiger partial charge in [0, 0.05) is 17.0 Å². The zero-order valence-corrected chi connectivity index (χ0v) is 10.1. The first-order valence-electron chi connectivity index (χ1n) is 5.60. The van der Waals surface area contributed by atoms with Crippen LogP contribution in [0.15, 0.2) is 47.6 Å². The van der Waals surface area contributed by atoms with Gasteiger partial charge >= 0.3 is 0 Å². The zero-order chi connectivity index (χ0) is 12.8. The minimum atomic E-state index is 0.336. The fourth-order valence-electron chi connectivity index (χ4n) is 1.88. The Bertz CT molecular complexity index is 628. The molecule has 0 amide bonds. The van der Waals surface area contributed by atoms with E-state index in [-0.39, 0.29) is 0 Å². The summed E-state index contributed by atoms with van der Waals surface area (Å²) in [6, 6.07) is 12.1. The molecule has 0 atom stereocenters. The van der Waals surface area contributed by atoms with E-state index in [2.05, 4.69) is 16.1 Å². The van der Waals surface area contributed by atoms with Crippen molar-refractivity contribution in [3.63, 3.8) is 0 Å². The Hall–Kier alpha value is -2.45. The van der Waals surface area contributed by atoms with E-state index < -0.39 is 0 Å². The summed E-state index contributed by atoms with van der Waals surface area (Å²) < 4.78 is 5.36. The second-order valence-electron chi connectivity index (χ2n) is 3.72. The van der Waals surface area contributed by atoms with E-state index in [9.17, 15) is 0 Å². The highest BCUT2D eigenvalue weighted by Gasteiger charge is 2.04. The predicted molar refractivity (Wildman–Crippen MR) is 73.5 cm³/mol. The van der Waals surface area contributed by atoms with Gasteiger partial charge in [0.1, 0.15) is 5.75 Å². The monoisotopic (exact) mass is 239 g/mol. The molecule has 0 N–H and O–H groups in total. The maximum atomic E-state index is 8.24. The summed E-state index contributed by atoms with van der Waals surface area (Å²) in [6.07, 6.45) is 3.75. The van der Waals surface area contributed by atoms with Gasteiger partial charge in [-0.05, 0) is 22.4 Å². The normalized spacial score (nSPS) is 10.5. The van der Waals surface area contributed by atoms with Crippen LogP contribution < -0.4 is 4.74 Å². The van der Waals surface area contributed by atoms with Crippen LogP contribution in [0.4, 0.5) is 0 Å². The highest BCUT2D eigenvalue weighted by atomic mass is 16.5. The quantitative estimate of drug-likeness (QED) is 0.448. The summed E-state index contributed by atoms with van der Waals surface area (Å²) in [5, 5.41) is 5.75. The first-order chi connectivity index (χ1) is 8.86. The van der Waals surface area contributed by atoms with Crippen molar-refractivity contribution in [2.24, 2.45) is 5.11 Å². The average molecular weight is 239 g/mol. The first kappa shape index (κ1) is 12.0. The van der Waals surface area contributed by atoms with Gasteiger partial charge in [-0.15, -0.1) is 0 Å². The maximum Gasteiger partial charge on any atom is 0.126 e. The number of methoxy groups -OCH3 is 1. The molecule has 2 aromatic carbocycles. The summed E-state index contributed by atoms with van der Waals surface area (Å²) in [6.45, 7) is 0.336. The fourth-order valence-corrected chi connectivity index (χ4v) is 1.88. The van der Waals surface area contributed by atoms with Crippen LogP contribution in [0.1, 0.15) is 5.56 Å². The fraction of sp³-hybridized carbons (Fsp3) is 0.143. The van der Waals surface area contributed by atoms with Crippen LogP contribution in [0, 0.1) is 0 Å². The molecule has 0 spiro atoms. The van der Waals surface area contributed by atoms with Crippen molar-refractivity contribution in [3.05, 3.63) is 58.5 Å². The SMILES string of the molecule is COc1ccc2ccccc2c1C=CCN=[N+]=[N-]. The summed E-state index contributed by atoms with van der Waals surface area (Å²) in [7, 11) is 1.65. The Labute approximate surface area is 105 Å². The van der Waals surface area contributed by atoms with Gasteiger partial charge in [0.2, 0.25) is 0 Å². The van der Waals surface area contributed by atoms with Crippen molar-refractivity contribution in [1.29, 1.82) is 0 Å². The summed E-state index contributed by atoms with van der Waals surface area (Å²) in [5.41, 5.74) is 9.24. The van der Waals surface area contributed by atoms with E-state index in [0.29, 0.717) is 6.54 Å². The van der Waals surface area contributed by atoms with Gasteiger partial charge < -0.3 is 4.74 Å². The van der Waals surface area contributed by atoms with E-state index in [1.807, 2.05) is 42.5 Å². The van der Waals surface area contributed by atoms with E-state index in [0.717, 1.165) is 22.1 Å². The lowest BCUT2D eigenvalue weighted by molar-refractivity contribution is 0.414. The Morgan fingerprint density at radius 2 is 2.11 bits per heavy atom. The molecule has 4 heteroatoms. The molecule has 0 saturated carbocycles. The third kappa shape index (κ3) is 2.44. The lowest BCUT2D eigenvalue weighted by Gasteiger charge is -2.08. The first-order valence-corrected chi connectivity index (χ1v) is 5.60. The summed E-state index contributed by atoms with van der Waals surface area (Å²) in [4.78, 5) is 2.71. The number of hydrogen-bond acceptors (Lipinski definition) is 2. The Kier molecular flexibility index (Phi) is 3.84. The minimum absolute atomic E-state index is 0.336. The Morgan fingerprint density at radius 1 is 1.28 bits per heavy atom. The molecule has 0 aliphatic rings. The molecule has 0 aliphatic carbocycles. The largest absolute Gasteiger partial charge is 0.496 e. The van der Waals surface area contributed by atoms with Gasteiger partial charge in [-0.25, -0.2) is 0 Å². The molecule has 2 rings (SSSR count). The van der Waals surface area contributed by atoms with Crippen LogP contribution in [0.2, 0.25) is 0 Å². The molecule has 0 aliphatic heterocycles. The molecule has 4 nitrogen and oxygen atoms in total. The van der Waals surface area contributed by atoms with Crippen LogP contribution in [0.5, 0.6) is 5.75 Å². The number of nitrogens with zero attached hydrogens (tertiary/aromatic N) is 3. The standard InChI is InChI=1S/C14H13N3O/c1-18-14-9-8-11-5-2-3-6-12(11)13(14)7-4-10-16-17-15/h2-9H,10H2,1H3. The van der Waals surface area contributed by atoms with Crippen LogP contribution in [0.3, 0.4) is 0 Å². The topological polar surface area (TPSA) is 58.0 Å². The van der Waals surface area contributed by atoms with E-state index in [1.165, 1.54) is 0 Å². The Morgan fingerprint density at radius 3 is 2.89 bits per heavy atom. The van der Waals surface area contributed by atoms with Crippen LogP contribution in [-0.4, -0.2) is 13.7 Å². The molecule has 0 radical (unpaired) electrons. The van der Waals surface area contributed by atoms with Crippen molar-refractivity contribution in [2.75, 3.05) is 13.7 Å². The molecule has 18 heavy (non-hydrogen) atoms. The van der Waals surface area contributed by atoms with E-state index in [1.54, 1.807) is 7.11 Å². The molecular weight excluding hydrogens is 226 g/mol. The second kappa shape index (κ2) is 5.75. The lowest BCUT2D eigenvalue weighted by atomic mass is 10.0. The van der Waals surface area contributed by atoms with Crippen LogP contribution in [0.25, 0.3) is 27.3 Å². The minimum Gasteiger partial charge on any atom is -0.496 e. The van der Waals surface area contributed by atoms with Crippen molar-refractivity contribution in [1.82, 2.24) is 0 Å². The van der Waals surface area contributed by atoms with E-state index >= 15 is 0 Å². The van der Waals surface area contributed by atoms with E-state index in [4.69, 9.17) is 10.3 Å². The van der Waals surface area contributed by atoms with Crippen molar-refractivity contribution >= 4 is 16.8 Å². The van der Waals surface area contributed by atoms with Gasteiger partial charge in [-0.1, -0.05) is 47.6 Å². The lowest BCUT2D eigenvalue weighted by Crippen LogP contribution is -1.88. The molecule has 0 saturated heterocycles. The highest BCUT2D eigenvalue weighted by Crippen LogP contribution is 2.28. The second-order valence-corrected chi connectivity index (χ2v) is 3.72. The zero-order valence-electron chi connectivity index (χ0n) is 10.1. The molecule has 0 bridgehead atoms. The molecular formula is C14H13N3O. The van der Waals surface area contributed by atoms with Crippen LogP contribution >= 0.6 is 0 Å². The van der Waals surface area contributed by atoms with Crippen LogP contribution in [-0.2, 0) is 0 Å². The molecule has 0 unspecified atom stereocenters. The van der Waals surface area contributed by atoms with Gasteiger partial charge in [-0.2, -0.15) is 0 Å². The number of fused-ring (bicyclic) bond motifs is 1. The number of rotatable bonds is 4. The van der Waals surface area contributed by atoms with Gasteiger partial charge in [0.15, 0.2) is 0 Å². The predicted octanol–water partition coefficient (Wildman–Crippen LogP) is 4.17. The van der Waals surface area contributed by atoms with Gasteiger partial charge in [-0.3, -0.25) is 0 Å². The number of benzene rings is 2. The number of azide groups is 1. The number of ether oxygens (including phenoxy) is 1. The molecule has 2 aromatic rings. The molecule has 0 heterocycles. The van der Waals surface area contributed by atoms with Crippen molar-refractivity contribution < 1.29 is 4.74 Å². The summed E-state index contributed by atoms with van der Waals surface area (Å²) >= 11 is 0. The average Bonchev–Trinajstić information content (AvgIpc) is 2.43. The molecule has 0 aromatic heterocycles. The van der Waals surface area contributed by atoms with Gasteiger partial charge in [0.25, 0.3) is 0 Å². The third-order valence-electron chi connectivity index (χ3n) is 2.69. The number of hydrogen-bond donors (Lipinski definition) is 0. The highest BCUT2D eigenvalue weighted by molar-refractivity contribution is 5.93. The maximum absolute atomic E-state index is 8.24. The third-order valence-corrected chi connectivity index (χ3v) is 2.69.